The molecule has 1 heterocycles. The zero-order valence-corrected chi connectivity index (χ0v) is 13.5. The molecule has 0 radical (unpaired) electrons. The van der Waals surface area contributed by atoms with Crippen molar-refractivity contribution < 1.29 is 9.53 Å². The van der Waals surface area contributed by atoms with Crippen molar-refractivity contribution in [2.75, 3.05) is 7.11 Å². The lowest BCUT2D eigenvalue weighted by atomic mass is 9.97. The highest BCUT2D eigenvalue weighted by Gasteiger charge is 2.39. The monoisotopic (exact) mass is 316 g/mol. The van der Waals surface area contributed by atoms with Gasteiger partial charge in [-0.25, -0.2) is 4.98 Å². The second-order valence-corrected chi connectivity index (χ2v) is 6.57. The van der Waals surface area contributed by atoms with Crippen molar-refractivity contribution >= 4 is 17.2 Å². The van der Waals surface area contributed by atoms with Gasteiger partial charge in [-0.2, -0.15) is 0 Å². The molecule has 3 rings (SSSR count). The number of rotatable bonds is 5. The number of hydrogen-bond donors (Lipinski definition) is 1. The van der Waals surface area contributed by atoms with Gasteiger partial charge in [0.25, 0.3) is 5.91 Å². The van der Waals surface area contributed by atoms with Crippen LogP contribution in [-0.2, 0) is 16.9 Å². The second-order valence-electron chi connectivity index (χ2n) is 5.67. The average molecular weight is 316 g/mol. The normalized spacial score (nSPS) is 16.6. The number of ether oxygens (including phenoxy) is 1. The first-order chi connectivity index (χ1) is 10.7. The minimum atomic E-state index is -0.300. The van der Waals surface area contributed by atoms with Crippen molar-refractivity contribution in [2.45, 2.75) is 37.8 Å². The zero-order valence-electron chi connectivity index (χ0n) is 12.7. The lowest BCUT2D eigenvalue weighted by molar-refractivity contribution is 0.0893. The third-order valence-corrected chi connectivity index (χ3v) is 5.19. The van der Waals surface area contributed by atoms with Crippen molar-refractivity contribution in [2.24, 2.45) is 0 Å². The minimum Gasteiger partial charge on any atom is -0.380 e. The Kier molecular flexibility index (Phi) is 4.55. The van der Waals surface area contributed by atoms with E-state index < -0.39 is 0 Å². The van der Waals surface area contributed by atoms with E-state index in [1.54, 1.807) is 18.4 Å². The summed E-state index contributed by atoms with van der Waals surface area (Å²) in [5.74, 6) is -0.0373. The second kappa shape index (κ2) is 6.58. The largest absolute Gasteiger partial charge is 0.380 e. The first-order valence-electron chi connectivity index (χ1n) is 7.54. The molecule has 0 spiro atoms. The fourth-order valence-corrected chi connectivity index (χ4v) is 3.99. The van der Waals surface area contributed by atoms with Crippen LogP contribution in [0.25, 0.3) is 0 Å². The van der Waals surface area contributed by atoms with Gasteiger partial charge in [-0.15, -0.1) is 11.3 Å². The van der Waals surface area contributed by atoms with Gasteiger partial charge < -0.3 is 10.1 Å². The standard InChI is InChI=1S/C17H20N2O2S/c1-21-12-13-6-2-3-7-14(13)15(20)19-17(8-4-5-9-17)16-18-10-11-22-16/h2-3,6-7,10-11H,4-5,8-9,12H2,1H3,(H,19,20). The van der Waals surface area contributed by atoms with Gasteiger partial charge in [-0.3, -0.25) is 4.79 Å². The summed E-state index contributed by atoms with van der Waals surface area (Å²) in [7, 11) is 1.64. The Morgan fingerprint density at radius 2 is 2.14 bits per heavy atom. The number of benzene rings is 1. The highest BCUT2D eigenvalue weighted by Crippen LogP contribution is 2.39. The summed E-state index contributed by atoms with van der Waals surface area (Å²) in [6, 6.07) is 7.60. The molecule has 0 atom stereocenters. The van der Waals surface area contributed by atoms with E-state index in [9.17, 15) is 4.79 Å². The number of hydrogen-bond acceptors (Lipinski definition) is 4. The van der Waals surface area contributed by atoms with Crippen LogP contribution in [0.3, 0.4) is 0 Å². The van der Waals surface area contributed by atoms with E-state index in [0.717, 1.165) is 36.3 Å². The van der Waals surface area contributed by atoms with Crippen LogP contribution in [0.2, 0.25) is 0 Å². The average Bonchev–Trinajstić information content (AvgIpc) is 3.20. The molecule has 1 aromatic carbocycles. The summed E-state index contributed by atoms with van der Waals surface area (Å²) in [5.41, 5.74) is 1.30. The maximum absolute atomic E-state index is 12.8. The van der Waals surface area contributed by atoms with E-state index in [1.807, 2.05) is 35.8 Å². The molecule has 4 nitrogen and oxygen atoms in total. The molecule has 0 unspecified atom stereocenters. The maximum atomic E-state index is 12.8. The molecule has 1 saturated carbocycles. The molecule has 5 heteroatoms. The van der Waals surface area contributed by atoms with Crippen LogP contribution in [0.4, 0.5) is 0 Å². The molecule has 1 N–H and O–H groups in total. The SMILES string of the molecule is COCc1ccccc1C(=O)NC1(c2nccs2)CCCC1. The Hall–Kier alpha value is -1.72. The molecule has 1 aliphatic rings. The van der Waals surface area contributed by atoms with Gasteiger partial charge in [0, 0.05) is 24.3 Å². The molecule has 0 bridgehead atoms. The van der Waals surface area contributed by atoms with Crippen LogP contribution in [0.15, 0.2) is 35.8 Å². The van der Waals surface area contributed by atoms with Crippen molar-refractivity contribution in [1.82, 2.24) is 10.3 Å². The molecule has 1 fully saturated rings. The van der Waals surface area contributed by atoms with Gasteiger partial charge in [0.15, 0.2) is 0 Å². The van der Waals surface area contributed by atoms with Crippen molar-refractivity contribution in [3.05, 3.63) is 52.0 Å². The highest BCUT2D eigenvalue weighted by atomic mass is 32.1. The third-order valence-electron chi connectivity index (χ3n) is 4.21. The molecule has 1 aliphatic carbocycles. The first kappa shape index (κ1) is 15.2. The Morgan fingerprint density at radius 1 is 1.36 bits per heavy atom. The Balaban J connectivity index is 1.87. The van der Waals surface area contributed by atoms with Gasteiger partial charge in [0.05, 0.1) is 12.1 Å². The first-order valence-corrected chi connectivity index (χ1v) is 8.42. The van der Waals surface area contributed by atoms with Crippen LogP contribution in [0.1, 0.15) is 46.6 Å². The fourth-order valence-electron chi connectivity index (χ4n) is 3.14. The third kappa shape index (κ3) is 2.91. The number of thiazole rings is 1. The van der Waals surface area contributed by atoms with Gasteiger partial charge in [-0.05, 0) is 24.5 Å². The minimum absolute atomic E-state index is 0.0373. The van der Waals surface area contributed by atoms with E-state index in [1.165, 1.54) is 0 Å². The zero-order chi connectivity index (χ0) is 15.4. The molecular formula is C17H20N2O2S. The molecule has 116 valence electrons. The summed E-state index contributed by atoms with van der Waals surface area (Å²) < 4.78 is 5.20. The van der Waals surface area contributed by atoms with E-state index in [4.69, 9.17) is 4.74 Å². The van der Waals surface area contributed by atoms with Crippen molar-refractivity contribution in [1.29, 1.82) is 0 Å². The van der Waals surface area contributed by atoms with Crippen molar-refractivity contribution in [3.8, 4) is 0 Å². The molecule has 1 aromatic heterocycles. The van der Waals surface area contributed by atoms with Gasteiger partial charge >= 0.3 is 0 Å². The predicted octanol–water partition coefficient (Wildman–Crippen LogP) is 3.49. The van der Waals surface area contributed by atoms with Gasteiger partial charge in [0.1, 0.15) is 5.01 Å². The van der Waals surface area contributed by atoms with Crippen molar-refractivity contribution in [3.63, 3.8) is 0 Å². The van der Waals surface area contributed by atoms with E-state index >= 15 is 0 Å². The Labute approximate surface area is 134 Å². The lowest BCUT2D eigenvalue weighted by Crippen LogP contribution is -2.44. The number of amides is 1. The maximum Gasteiger partial charge on any atom is 0.252 e. The number of methoxy groups -OCH3 is 1. The highest BCUT2D eigenvalue weighted by molar-refractivity contribution is 7.09. The number of carbonyl (C=O) groups excluding carboxylic acids is 1. The number of carbonyl (C=O) groups is 1. The number of nitrogens with one attached hydrogen (secondary N) is 1. The van der Waals surface area contributed by atoms with Gasteiger partial charge in [0.2, 0.25) is 0 Å². The fraction of sp³-hybridized carbons (Fsp3) is 0.412. The summed E-state index contributed by atoms with van der Waals surface area (Å²) in [4.78, 5) is 17.3. The lowest BCUT2D eigenvalue weighted by Gasteiger charge is -2.28. The molecule has 22 heavy (non-hydrogen) atoms. The van der Waals surface area contributed by atoms with Crippen LogP contribution in [0, 0.1) is 0 Å². The topological polar surface area (TPSA) is 51.2 Å². The van der Waals surface area contributed by atoms with E-state index in [2.05, 4.69) is 10.3 Å². The molecular weight excluding hydrogens is 296 g/mol. The summed E-state index contributed by atoms with van der Waals surface area (Å²) in [6.07, 6.45) is 5.97. The summed E-state index contributed by atoms with van der Waals surface area (Å²) in [5, 5.41) is 6.25. The molecule has 2 aromatic rings. The number of nitrogens with zero attached hydrogens (tertiary/aromatic N) is 1. The van der Waals surface area contributed by atoms with E-state index in [-0.39, 0.29) is 11.4 Å². The smallest absolute Gasteiger partial charge is 0.252 e. The summed E-state index contributed by atoms with van der Waals surface area (Å²) in [6.45, 7) is 0.438. The van der Waals surface area contributed by atoms with Gasteiger partial charge in [-0.1, -0.05) is 31.0 Å². The van der Waals surface area contributed by atoms with Crippen LogP contribution in [0.5, 0.6) is 0 Å². The van der Waals surface area contributed by atoms with Crippen LogP contribution < -0.4 is 5.32 Å². The van der Waals surface area contributed by atoms with Crippen LogP contribution >= 0.6 is 11.3 Å². The van der Waals surface area contributed by atoms with E-state index in [0.29, 0.717) is 12.2 Å². The summed E-state index contributed by atoms with van der Waals surface area (Å²) >= 11 is 1.62. The Bertz CT molecular complexity index is 634. The molecule has 0 saturated heterocycles. The molecule has 0 aliphatic heterocycles. The number of aromatic nitrogens is 1. The Morgan fingerprint density at radius 3 is 2.82 bits per heavy atom. The molecule has 1 amide bonds. The quantitative estimate of drug-likeness (QED) is 0.918. The predicted molar refractivity (Wildman–Crippen MR) is 86.9 cm³/mol. The van der Waals surface area contributed by atoms with Crippen LogP contribution in [-0.4, -0.2) is 18.0 Å².